The predicted molar refractivity (Wildman–Crippen MR) is 89.5 cm³/mol. The first-order valence-corrected chi connectivity index (χ1v) is 7.98. The molecule has 1 aliphatic rings. The lowest BCUT2D eigenvalue weighted by Crippen LogP contribution is -2.35. The average molecular weight is 313 g/mol. The molecule has 0 radical (unpaired) electrons. The molecule has 5 heteroatoms. The molecule has 0 amide bonds. The van der Waals surface area contributed by atoms with E-state index in [4.69, 9.17) is 11.6 Å². The fourth-order valence-corrected chi connectivity index (χ4v) is 3.42. The topological polar surface area (TPSA) is 34.0 Å². The highest BCUT2D eigenvalue weighted by Gasteiger charge is 2.22. The third-order valence-electron chi connectivity index (χ3n) is 4.37. The number of fused-ring (bicyclic) bond motifs is 1. The third-order valence-corrected chi connectivity index (χ3v) is 4.66. The van der Waals surface area contributed by atoms with E-state index in [2.05, 4.69) is 31.8 Å². The zero-order chi connectivity index (χ0) is 14.9. The molecule has 4 rings (SSSR count). The number of nitrogens with zero attached hydrogens (tertiary/aromatic N) is 4. The van der Waals surface area contributed by atoms with Gasteiger partial charge in [0.05, 0.1) is 6.04 Å². The molecule has 1 aromatic carbocycles. The van der Waals surface area contributed by atoms with Crippen molar-refractivity contribution in [2.45, 2.75) is 18.9 Å². The summed E-state index contributed by atoms with van der Waals surface area (Å²) in [6, 6.07) is 12.7. The van der Waals surface area contributed by atoms with Gasteiger partial charge < -0.3 is 4.90 Å². The van der Waals surface area contributed by atoms with Crippen molar-refractivity contribution in [1.29, 1.82) is 0 Å². The van der Waals surface area contributed by atoms with Crippen LogP contribution < -0.4 is 4.90 Å². The molecule has 3 aromatic rings. The highest BCUT2D eigenvalue weighted by molar-refractivity contribution is 6.34. The monoisotopic (exact) mass is 312 g/mol. The summed E-state index contributed by atoms with van der Waals surface area (Å²) in [6.45, 7) is 1.96. The van der Waals surface area contributed by atoms with Gasteiger partial charge in [0.15, 0.2) is 0 Å². The maximum atomic E-state index is 6.34. The summed E-state index contributed by atoms with van der Waals surface area (Å²) in [6.07, 6.45) is 6.05. The molecule has 0 unspecified atom stereocenters. The van der Waals surface area contributed by atoms with Gasteiger partial charge in [-0.1, -0.05) is 35.9 Å². The van der Waals surface area contributed by atoms with Crippen LogP contribution in [0.2, 0.25) is 5.15 Å². The maximum absolute atomic E-state index is 6.34. The fourth-order valence-electron chi connectivity index (χ4n) is 3.16. The summed E-state index contributed by atoms with van der Waals surface area (Å²) >= 11 is 6.34. The minimum atomic E-state index is 0.488. The zero-order valence-electron chi connectivity index (χ0n) is 12.2. The first-order valence-electron chi connectivity index (χ1n) is 7.60. The van der Waals surface area contributed by atoms with E-state index < -0.39 is 0 Å². The molecule has 1 aliphatic heterocycles. The predicted octanol–water partition coefficient (Wildman–Crippen LogP) is 3.93. The summed E-state index contributed by atoms with van der Waals surface area (Å²) < 4.78 is 2.07. The summed E-state index contributed by atoms with van der Waals surface area (Å²) in [7, 11) is 0. The minimum absolute atomic E-state index is 0.488. The Morgan fingerprint density at radius 1 is 1.09 bits per heavy atom. The molecular formula is C17H17ClN4. The summed E-state index contributed by atoms with van der Waals surface area (Å²) in [5.74, 6) is 0.975. The normalized spacial score (nSPS) is 16.3. The lowest BCUT2D eigenvalue weighted by Gasteiger charge is -2.33. The average Bonchev–Trinajstić information content (AvgIpc) is 3.09. The number of hydrogen-bond acceptors (Lipinski definition) is 3. The van der Waals surface area contributed by atoms with Crippen molar-refractivity contribution >= 4 is 28.2 Å². The second-order valence-electron chi connectivity index (χ2n) is 5.70. The third kappa shape index (κ3) is 2.44. The van der Waals surface area contributed by atoms with Crippen LogP contribution in [0.25, 0.3) is 10.8 Å². The van der Waals surface area contributed by atoms with E-state index in [0.29, 0.717) is 11.2 Å². The molecule has 1 saturated heterocycles. The lowest BCUT2D eigenvalue weighted by atomic mass is 10.0. The Bertz CT molecular complexity index is 776. The Hall–Kier alpha value is -2.07. The van der Waals surface area contributed by atoms with Crippen LogP contribution in [0.4, 0.5) is 5.82 Å². The number of halogens is 1. The van der Waals surface area contributed by atoms with Crippen molar-refractivity contribution in [2.75, 3.05) is 18.0 Å². The lowest BCUT2D eigenvalue weighted by molar-refractivity contribution is 0.366. The first kappa shape index (κ1) is 13.6. The SMILES string of the molecule is Clc1nc(N2CCC(n3cccn3)CC2)cc2ccccc12. The van der Waals surface area contributed by atoms with E-state index in [-0.39, 0.29) is 0 Å². The maximum Gasteiger partial charge on any atom is 0.139 e. The molecule has 0 saturated carbocycles. The Kier molecular flexibility index (Phi) is 3.47. The Morgan fingerprint density at radius 2 is 1.91 bits per heavy atom. The highest BCUT2D eigenvalue weighted by Crippen LogP contribution is 2.29. The molecule has 3 heterocycles. The van der Waals surface area contributed by atoms with Gasteiger partial charge >= 0.3 is 0 Å². The number of hydrogen-bond donors (Lipinski definition) is 0. The molecule has 0 spiro atoms. The van der Waals surface area contributed by atoms with E-state index in [1.807, 2.05) is 36.7 Å². The van der Waals surface area contributed by atoms with Crippen LogP contribution >= 0.6 is 11.6 Å². The van der Waals surface area contributed by atoms with Crippen LogP contribution in [0.5, 0.6) is 0 Å². The highest BCUT2D eigenvalue weighted by atomic mass is 35.5. The number of piperidine rings is 1. The summed E-state index contributed by atoms with van der Waals surface area (Å²) in [4.78, 5) is 6.90. The fraction of sp³-hybridized carbons (Fsp3) is 0.294. The first-order chi connectivity index (χ1) is 10.8. The number of pyridine rings is 1. The molecule has 0 N–H and O–H groups in total. The van der Waals surface area contributed by atoms with Gasteiger partial charge in [-0.3, -0.25) is 4.68 Å². The van der Waals surface area contributed by atoms with Crippen LogP contribution in [-0.4, -0.2) is 27.9 Å². The van der Waals surface area contributed by atoms with Crippen molar-refractivity contribution < 1.29 is 0 Å². The quantitative estimate of drug-likeness (QED) is 0.672. The largest absolute Gasteiger partial charge is 0.356 e. The van der Waals surface area contributed by atoms with Gasteiger partial charge in [-0.2, -0.15) is 5.10 Å². The van der Waals surface area contributed by atoms with Gasteiger partial charge in [-0.25, -0.2) is 4.98 Å². The molecule has 22 heavy (non-hydrogen) atoms. The van der Waals surface area contributed by atoms with Gasteiger partial charge in [-0.05, 0) is 30.4 Å². The van der Waals surface area contributed by atoms with Crippen LogP contribution in [0, 0.1) is 0 Å². The molecule has 0 aliphatic carbocycles. The second-order valence-corrected chi connectivity index (χ2v) is 6.05. The Labute approximate surface area is 134 Å². The molecule has 0 bridgehead atoms. The van der Waals surface area contributed by atoms with Crippen LogP contribution in [0.15, 0.2) is 48.8 Å². The van der Waals surface area contributed by atoms with Gasteiger partial charge in [0, 0.05) is 30.9 Å². The zero-order valence-corrected chi connectivity index (χ0v) is 12.9. The van der Waals surface area contributed by atoms with Crippen molar-refractivity contribution in [1.82, 2.24) is 14.8 Å². The minimum Gasteiger partial charge on any atom is -0.356 e. The van der Waals surface area contributed by atoms with Crippen molar-refractivity contribution in [3.05, 3.63) is 53.9 Å². The summed E-state index contributed by atoms with van der Waals surface area (Å²) in [5.41, 5.74) is 0. The van der Waals surface area contributed by atoms with Crippen LogP contribution in [-0.2, 0) is 0 Å². The van der Waals surface area contributed by atoms with Gasteiger partial charge in [0.25, 0.3) is 0 Å². The molecule has 112 valence electrons. The smallest absolute Gasteiger partial charge is 0.139 e. The van der Waals surface area contributed by atoms with Gasteiger partial charge in [0.2, 0.25) is 0 Å². The molecular weight excluding hydrogens is 296 g/mol. The van der Waals surface area contributed by atoms with Crippen molar-refractivity contribution in [3.63, 3.8) is 0 Å². The Morgan fingerprint density at radius 3 is 2.68 bits per heavy atom. The van der Waals surface area contributed by atoms with E-state index in [1.54, 1.807) is 0 Å². The van der Waals surface area contributed by atoms with Crippen molar-refractivity contribution in [2.24, 2.45) is 0 Å². The van der Waals surface area contributed by atoms with E-state index in [1.165, 1.54) is 0 Å². The van der Waals surface area contributed by atoms with E-state index in [9.17, 15) is 0 Å². The standard InChI is InChI=1S/C17H17ClN4/c18-17-15-5-2-1-4-13(15)12-16(20-17)21-10-6-14(7-11-21)22-9-3-8-19-22/h1-5,8-9,12,14H,6-7,10-11H2. The second kappa shape index (κ2) is 5.61. The van der Waals surface area contributed by atoms with Gasteiger partial charge in [-0.15, -0.1) is 0 Å². The summed E-state index contributed by atoms with van der Waals surface area (Å²) in [5, 5.41) is 7.10. The van der Waals surface area contributed by atoms with Crippen molar-refractivity contribution in [3.8, 4) is 0 Å². The van der Waals surface area contributed by atoms with Gasteiger partial charge in [0.1, 0.15) is 11.0 Å². The number of aromatic nitrogens is 3. The van der Waals surface area contributed by atoms with E-state index in [0.717, 1.165) is 42.5 Å². The van der Waals surface area contributed by atoms with Crippen LogP contribution in [0.3, 0.4) is 0 Å². The van der Waals surface area contributed by atoms with Crippen LogP contribution in [0.1, 0.15) is 18.9 Å². The molecule has 4 nitrogen and oxygen atoms in total. The molecule has 0 atom stereocenters. The Balaban J connectivity index is 1.56. The number of benzene rings is 1. The molecule has 2 aromatic heterocycles. The van der Waals surface area contributed by atoms with E-state index >= 15 is 0 Å². The number of rotatable bonds is 2. The number of anilines is 1. The molecule has 1 fully saturated rings.